The van der Waals surface area contributed by atoms with Crippen LogP contribution < -0.4 is 10.9 Å². The van der Waals surface area contributed by atoms with Gasteiger partial charge in [0.2, 0.25) is 0 Å². The van der Waals surface area contributed by atoms with E-state index in [-0.39, 0.29) is 5.56 Å². The van der Waals surface area contributed by atoms with Gasteiger partial charge in [-0.2, -0.15) is 0 Å². The molecule has 0 aliphatic carbocycles. The number of hydrogen-bond donors (Lipinski definition) is 2. The summed E-state index contributed by atoms with van der Waals surface area (Å²) < 4.78 is 0. The van der Waals surface area contributed by atoms with Crippen molar-refractivity contribution >= 4 is 0 Å². The number of nitrogens with one attached hydrogen (secondary N) is 2. The first-order chi connectivity index (χ1) is 9.04. The molecule has 2 N–H and O–H groups in total. The van der Waals surface area contributed by atoms with Crippen LogP contribution in [0.5, 0.6) is 0 Å². The Labute approximate surface area is 112 Å². The van der Waals surface area contributed by atoms with Gasteiger partial charge in [0.15, 0.2) is 5.82 Å². The molecule has 5 nitrogen and oxygen atoms in total. The second kappa shape index (κ2) is 5.75. The molecule has 0 bridgehead atoms. The third-order valence-corrected chi connectivity index (χ3v) is 2.62. The quantitative estimate of drug-likeness (QED) is 0.874. The van der Waals surface area contributed by atoms with E-state index in [1.807, 2.05) is 25.1 Å². The topological polar surface area (TPSA) is 70.7 Å². The summed E-state index contributed by atoms with van der Waals surface area (Å²) in [5.41, 5.74) is 2.14. The van der Waals surface area contributed by atoms with Gasteiger partial charge in [-0.15, -0.1) is 0 Å². The molecule has 2 heterocycles. The van der Waals surface area contributed by atoms with Crippen LogP contribution in [-0.4, -0.2) is 21.0 Å². The van der Waals surface area contributed by atoms with Crippen molar-refractivity contribution in [3.63, 3.8) is 0 Å². The fourth-order valence-corrected chi connectivity index (χ4v) is 1.70. The average molecular weight is 258 g/mol. The van der Waals surface area contributed by atoms with Crippen LogP contribution in [0.1, 0.15) is 25.2 Å². The van der Waals surface area contributed by atoms with E-state index in [0.29, 0.717) is 24.1 Å². The van der Waals surface area contributed by atoms with Gasteiger partial charge in [-0.25, -0.2) is 9.97 Å². The van der Waals surface area contributed by atoms with Gasteiger partial charge >= 0.3 is 0 Å². The van der Waals surface area contributed by atoms with Crippen molar-refractivity contribution in [2.45, 2.75) is 33.4 Å². The van der Waals surface area contributed by atoms with Crippen LogP contribution in [0.2, 0.25) is 0 Å². The molecule has 0 unspecified atom stereocenters. The molecule has 0 aromatic carbocycles. The molecule has 0 spiro atoms. The first kappa shape index (κ1) is 13.4. The first-order valence-corrected chi connectivity index (χ1v) is 6.32. The minimum absolute atomic E-state index is 0.158. The van der Waals surface area contributed by atoms with Crippen molar-refractivity contribution in [1.82, 2.24) is 20.3 Å². The van der Waals surface area contributed by atoms with E-state index >= 15 is 0 Å². The lowest BCUT2D eigenvalue weighted by molar-refractivity contribution is 0.580. The molecule has 100 valence electrons. The molecule has 2 rings (SSSR count). The van der Waals surface area contributed by atoms with Crippen LogP contribution in [0.15, 0.2) is 29.1 Å². The van der Waals surface area contributed by atoms with Gasteiger partial charge in [0.05, 0.1) is 5.69 Å². The minimum Gasteiger partial charge on any atom is -0.309 e. The van der Waals surface area contributed by atoms with Crippen molar-refractivity contribution in [2.24, 2.45) is 0 Å². The molecule has 0 aliphatic heterocycles. The number of pyridine rings is 1. The Morgan fingerprint density at radius 3 is 2.79 bits per heavy atom. The predicted octanol–water partition coefficient (Wildman–Crippen LogP) is 1.64. The van der Waals surface area contributed by atoms with Gasteiger partial charge in [-0.05, 0) is 19.1 Å². The van der Waals surface area contributed by atoms with Crippen molar-refractivity contribution in [3.8, 4) is 11.5 Å². The fraction of sp³-hybridized carbons (Fsp3) is 0.357. The second-order valence-electron chi connectivity index (χ2n) is 4.79. The van der Waals surface area contributed by atoms with Crippen molar-refractivity contribution in [3.05, 3.63) is 46.0 Å². The highest BCUT2D eigenvalue weighted by Crippen LogP contribution is 2.10. The Kier molecular flexibility index (Phi) is 4.06. The number of rotatable bonds is 4. The number of aromatic nitrogens is 3. The summed E-state index contributed by atoms with van der Waals surface area (Å²) in [6, 6.07) is 7.50. The third-order valence-electron chi connectivity index (χ3n) is 2.62. The molecule has 19 heavy (non-hydrogen) atoms. The Bertz CT molecular complexity index is 619. The molecule has 0 aliphatic rings. The number of H-pyrrole nitrogens is 1. The Balaban J connectivity index is 2.33. The highest BCUT2D eigenvalue weighted by molar-refractivity contribution is 5.48. The van der Waals surface area contributed by atoms with Crippen molar-refractivity contribution in [2.75, 3.05) is 0 Å². The maximum absolute atomic E-state index is 11.7. The monoisotopic (exact) mass is 258 g/mol. The fourth-order valence-electron chi connectivity index (χ4n) is 1.70. The van der Waals surface area contributed by atoms with E-state index in [0.717, 1.165) is 11.4 Å². The largest absolute Gasteiger partial charge is 0.309 e. The predicted molar refractivity (Wildman–Crippen MR) is 74.8 cm³/mol. The summed E-state index contributed by atoms with van der Waals surface area (Å²) in [4.78, 5) is 23.2. The van der Waals surface area contributed by atoms with Crippen LogP contribution in [0.4, 0.5) is 0 Å². The summed E-state index contributed by atoms with van der Waals surface area (Å²) in [5, 5.41) is 3.24. The summed E-state index contributed by atoms with van der Waals surface area (Å²) >= 11 is 0. The zero-order chi connectivity index (χ0) is 13.8. The number of nitrogens with zero attached hydrogens (tertiary/aromatic N) is 2. The standard InChI is InChI=1S/C14H18N4O/c1-9(2)15-8-11-7-13(19)18-14(17-11)12-6-4-5-10(3)16-12/h4-7,9,15H,8H2,1-3H3,(H,17,18,19). The lowest BCUT2D eigenvalue weighted by atomic mass is 10.3. The molecule has 0 saturated heterocycles. The van der Waals surface area contributed by atoms with E-state index in [2.05, 4.69) is 34.1 Å². The lowest BCUT2D eigenvalue weighted by Gasteiger charge is -2.08. The van der Waals surface area contributed by atoms with Gasteiger partial charge in [-0.1, -0.05) is 19.9 Å². The molecular weight excluding hydrogens is 240 g/mol. The van der Waals surface area contributed by atoms with E-state index in [4.69, 9.17) is 0 Å². The van der Waals surface area contributed by atoms with Crippen molar-refractivity contribution in [1.29, 1.82) is 0 Å². The summed E-state index contributed by atoms with van der Waals surface area (Å²) in [7, 11) is 0. The van der Waals surface area contributed by atoms with Gasteiger partial charge in [-0.3, -0.25) is 4.79 Å². The summed E-state index contributed by atoms with van der Waals surface area (Å²) in [6.45, 7) is 6.58. The lowest BCUT2D eigenvalue weighted by Crippen LogP contribution is -2.24. The maximum atomic E-state index is 11.7. The molecular formula is C14H18N4O. The van der Waals surface area contributed by atoms with Crippen LogP contribution in [-0.2, 0) is 6.54 Å². The normalized spacial score (nSPS) is 10.9. The van der Waals surface area contributed by atoms with Crippen LogP contribution >= 0.6 is 0 Å². The van der Waals surface area contributed by atoms with Gasteiger partial charge in [0.25, 0.3) is 5.56 Å². The molecule has 5 heteroatoms. The third kappa shape index (κ3) is 3.72. The van der Waals surface area contributed by atoms with Crippen LogP contribution in [0, 0.1) is 6.92 Å². The van der Waals surface area contributed by atoms with E-state index in [1.54, 1.807) is 0 Å². The molecule has 2 aromatic rings. The number of hydrogen-bond acceptors (Lipinski definition) is 4. The molecule has 0 radical (unpaired) electrons. The van der Waals surface area contributed by atoms with Gasteiger partial charge in [0, 0.05) is 24.3 Å². The second-order valence-corrected chi connectivity index (χ2v) is 4.79. The van der Waals surface area contributed by atoms with E-state index in [1.165, 1.54) is 6.07 Å². The minimum atomic E-state index is -0.158. The van der Waals surface area contributed by atoms with Crippen LogP contribution in [0.25, 0.3) is 11.5 Å². The zero-order valence-electron chi connectivity index (χ0n) is 11.4. The zero-order valence-corrected chi connectivity index (χ0v) is 11.4. The smallest absolute Gasteiger partial charge is 0.251 e. The Morgan fingerprint density at radius 1 is 1.32 bits per heavy atom. The number of aryl methyl sites for hydroxylation is 1. The van der Waals surface area contributed by atoms with Gasteiger partial charge < -0.3 is 10.3 Å². The molecule has 0 fully saturated rings. The van der Waals surface area contributed by atoms with E-state index in [9.17, 15) is 4.79 Å². The molecule has 2 aromatic heterocycles. The Hall–Kier alpha value is -2.01. The molecule has 0 atom stereocenters. The SMILES string of the molecule is Cc1cccc(-c2nc(CNC(C)C)cc(=O)[nH]2)n1. The number of aromatic amines is 1. The molecule has 0 saturated carbocycles. The Morgan fingerprint density at radius 2 is 2.11 bits per heavy atom. The van der Waals surface area contributed by atoms with Crippen molar-refractivity contribution < 1.29 is 0 Å². The highest BCUT2D eigenvalue weighted by atomic mass is 16.1. The summed E-state index contributed by atoms with van der Waals surface area (Å²) in [6.07, 6.45) is 0. The van der Waals surface area contributed by atoms with Crippen LogP contribution in [0.3, 0.4) is 0 Å². The summed E-state index contributed by atoms with van der Waals surface area (Å²) in [5.74, 6) is 0.511. The van der Waals surface area contributed by atoms with Gasteiger partial charge in [0.1, 0.15) is 5.69 Å². The molecule has 0 amide bonds. The highest BCUT2D eigenvalue weighted by Gasteiger charge is 2.06. The van der Waals surface area contributed by atoms with E-state index < -0.39 is 0 Å². The average Bonchev–Trinajstić information content (AvgIpc) is 2.36. The maximum Gasteiger partial charge on any atom is 0.251 e. The first-order valence-electron chi connectivity index (χ1n) is 6.32.